The molecule has 1 aliphatic rings. The van der Waals surface area contributed by atoms with Crippen molar-refractivity contribution in [2.45, 2.75) is 31.7 Å². The second-order valence-electron chi connectivity index (χ2n) is 5.21. The van der Waals surface area contributed by atoms with Crippen LogP contribution >= 0.6 is 12.4 Å². The normalized spacial score (nSPS) is 20.7. The first-order chi connectivity index (χ1) is 9.65. The first kappa shape index (κ1) is 17.7. The number of ether oxygens (including phenoxy) is 1. The van der Waals surface area contributed by atoms with E-state index in [4.69, 9.17) is 10.5 Å². The van der Waals surface area contributed by atoms with Gasteiger partial charge in [-0.05, 0) is 43.0 Å². The van der Waals surface area contributed by atoms with Crippen molar-refractivity contribution >= 4 is 18.3 Å². The third kappa shape index (κ3) is 5.89. The Morgan fingerprint density at radius 2 is 2.05 bits per heavy atom. The molecule has 1 aliphatic carbocycles. The molecule has 0 aliphatic heterocycles. The van der Waals surface area contributed by atoms with Crippen LogP contribution < -0.4 is 15.8 Å². The predicted octanol–water partition coefficient (Wildman–Crippen LogP) is 2.26. The molecule has 0 radical (unpaired) electrons. The third-order valence-corrected chi connectivity index (χ3v) is 3.67. The number of carbonyl (C=O) groups excluding carboxylic acids is 1. The molecule has 4 nitrogen and oxygen atoms in total. The summed E-state index contributed by atoms with van der Waals surface area (Å²) in [5.74, 6) is 0.639. The standard InChI is InChI=1S/C15H21FN2O2.ClH/c16-12-4-6-13(7-5-12)20-9-8-18-15(19)10-11-2-1-3-14(11)17;/h4-7,11,14H,1-3,8-10,17H2,(H,18,19);1H/t11-,14+;/m0./s1. The van der Waals surface area contributed by atoms with Gasteiger partial charge in [0, 0.05) is 12.5 Å². The van der Waals surface area contributed by atoms with Crippen LogP contribution in [0.5, 0.6) is 5.75 Å². The summed E-state index contributed by atoms with van der Waals surface area (Å²) in [5.41, 5.74) is 5.93. The van der Waals surface area contributed by atoms with E-state index in [9.17, 15) is 9.18 Å². The number of nitrogens with one attached hydrogen (secondary N) is 1. The molecule has 0 unspecified atom stereocenters. The minimum atomic E-state index is -0.293. The van der Waals surface area contributed by atoms with Crippen molar-refractivity contribution in [2.24, 2.45) is 11.7 Å². The summed E-state index contributed by atoms with van der Waals surface area (Å²) in [6, 6.07) is 5.98. The maximum atomic E-state index is 12.7. The van der Waals surface area contributed by atoms with Gasteiger partial charge in [-0.2, -0.15) is 0 Å². The zero-order valence-corrected chi connectivity index (χ0v) is 12.7. The summed E-state index contributed by atoms with van der Waals surface area (Å²) in [4.78, 5) is 11.7. The van der Waals surface area contributed by atoms with Gasteiger partial charge in [-0.25, -0.2) is 4.39 Å². The van der Waals surface area contributed by atoms with Gasteiger partial charge in [-0.1, -0.05) is 6.42 Å². The van der Waals surface area contributed by atoms with Crippen molar-refractivity contribution in [1.82, 2.24) is 5.32 Å². The molecule has 1 aromatic rings. The summed E-state index contributed by atoms with van der Waals surface area (Å²) in [6.45, 7) is 0.812. The van der Waals surface area contributed by atoms with Crippen LogP contribution in [0.3, 0.4) is 0 Å². The molecule has 1 amide bonds. The number of rotatable bonds is 6. The number of hydrogen-bond donors (Lipinski definition) is 2. The van der Waals surface area contributed by atoms with Crippen molar-refractivity contribution in [3.63, 3.8) is 0 Å². The lowest BCUT2D eigenvalue weighted by Crippen LogP contribution is -2.33. The van der Waals surface area contributed by atoms with E-state index >= 15 is 0 Å². The minimum Gasteiger partial charge on any atom is -0.492 e. The Morgan fingerprint density at radius 3 is 2.67 bits per heavy atom. The lowest BCUT2D eigenvalue weighted by molar-refractivity contribution is -0.122. The fourth-order valence-corrected chi connectivity index (χ4v) is 2.52. The van der Waals surface area contributed by atoms with Crippen LogP contribution in [0.2, 0.25) is 0 Å². The van der Waals surface area contributed by atoms with Gasteiger partial charge in [0.1, 0.15) is 18.2 Å². The van der Waals surface area contributed by atoms with Crippen LogP contribution in [0.4, 0.5) is 4.39 Å². The number of carbonyl (C=O) groups is 1. The molecule has 0 heterocycles. The molecule has 2 rings (SSSR count). The molecule has 0 saturated heterocycles. The first-order valence-electron chi connectivity index (χ1n) is 7.06. The number of halogens is 2. The zero-order valence-electron chi connectivity index (χ0n) is 11.9. The number of amides is 1. The quantitative estimate of drug-likeness (QED) is 0.791. The van der Waals surface area contributed by atoms with Gasteiger partial charge < -0.3 is 15.8 Å². The minimum absolute atomic E-state index is 0. The Morgan fingerprint density at radius 1 is 1.33 bits per heavy atom. The van der Waals surface area contributed by atoms with Crippen LogP contribution in [0.15, 0.2) is 24.3 Å². The molecule has 6 heteroatoms. The van der Waals surface area contributed by atoms with Crippen molar-refractivity contribution in [3.05, 3.63) is 30.1 Å². The van der Waals surface area contributed by atoms with Gasteiger partial charge in [0.2, 0.25) is 5.91 Å². The lowest BCUT2D eigenvalue weighted by atomic mass is 10.00. The molecular weight excluding hydrogens is 295 g/mol. The van der Waals surface area contributed by atoms with Gasteiger partial charge in [0.15, 0.2) is 0 Å². The Bertz CT molecular complexity index is 442. The molecule has 21 heavy (non-hydrogen) atoms. The molecule has 1 saturated carbocycles. The van der Waals surface area contributed by atoms with Crippen LogP contribution in [0, 0.1) is 11.7 Å². The van der Waals surface area contributed by atoms with Crippen molar-refractivity contribution in [3.8, 4) is 5.75 Å². The average molecular weight is 317 g/mol. The van der Waals surface area contributed by atoms with E-state index in [1.54, 1.807) is 12.1 Å². The Labute approximate surface area is 130 Å². The summed E-state index contributed by atoms with van der Waals surface area (Å²) in [5, 5.41) is 2.82. The number of nitrogens with two attached hydrogens (primary N) is 1. The molecule has 3 N–H and O–H groups in total. The van der Waals surface area contributed by atoms with E-state index in [-0.39, 0.29) is 30.2 Å². The highest BCUT2D eigenvalue weighted by Gasteiger charge is 2.25. The summed E-state index contributed by atoms with van der Waals surface area (Å²) < 4.78 is 18.1. The van der Waals surface area contributed by atoms with E-state index in [0.29, 0.717) is 31.2 Å². The smallest absolute Gasteiger partial charge is 0.220 e. The lowest BCUT2D eigenvalue weighted by Gasteiger charge is -2.14. The van der Waals surface area contributed by atoms with E-state index in [0.717, 1.165) is 19.3 Å². The highest BCUT2D eigenvalue weighted by molar-refractivity contribution is 5.85. The number of hydrogen-bond acceptors (Lipinski definition) is 3. The van der Waals surface area contributed by atoms with Crippen molar-refractivity contribution in [1.29, 1.82) is 0 Å². The summed E-state index contributed by atoms with van der Waals surface area (Å²) >= 11 is 0. The first-order valence-corrected chi connectivity index (χ1v) is 7.06. The maximum Gasteiger partial charge on any atom is 0.220 e. The van der Waals surface area contributed by atoms with Gasteiger partial charge in [-0.15, -0.1) is 12.4 Å². The predicted molar refractivity (Wildman–Crippen MR) is 82.1 cm³/mol. The van der Waals surface area contributed by atoms with Gasteiger partial charge >= 0.3 is 0 Å². The fraction of sp³-hybridized carbons (Fsp3) is 0.533. The topological polar surface area (TPSA) is 64.4 Å². The molecule has 0 aromatic heterocycles. The molecule has 118 valence electrons. The summed E-state index contributed by atoms with van der Waals surface area (Å²) in [7, 11) is 0. The van der Waals surface area contributed by atoms with Crippen LogP contribution in [-0.4, -0.2) is 25.1 Å². The van der Waals surface area contributed by atoms with Crippen LogP contribution in [0.1, 0.15) is 25.7 Å². The maximum absolute atomic E-state index is 12.7. The van der Waals surface area contributed by atoms with Crippen molar-refractivity contribution in [2.75, 3.05) is 13.2 Å². The van der Waals surface area contributed by atoms with Crippen LogP contribution in [0.25, 0.3) is 0 Å². The molecule has 0 spiro atoms. The highest BCUT2D eigenvalue weighted by Crippen LogP contribution is 2.26. The largest absolute Gasteiger partial charge is 0.492 e. The second-order valence-corrected chi connectivity index (χ2v) is 5.21. The molecule has 0 bridgehead atoms. The number of benzene rings is 1. The van der Waals surface area contributed by atoms with Crippen LogP contribution in [-0.2, 0) is 4.79 Å². The van der Waals surface area contributed by atoms with Gasteiger partial charge in [-0.3, -0.25) is 4.79 Å². The van der Waals surface area contributed by atoms with Gasteiger partial charge in [0.05, 0.1) is 6.54 Å². The van der Waals surface area contributed by atoms with E-state index in [1.807, 2.05) is 0 Å². The van der Waals surface area contributed by atoms with E-state index < -0.39 is 0 Å². The van der Waals surface area contributed by atoms with Crippen molar-refractivity contribution < 1.29 is 13.9 Å². The Balaban J connectivity index is 0.00000220. The Kier molecular flexibility index (Phi) is 7.47. The SMILES string of the molecule is Cl.N[C@@H]1CCC[C@H]1CC(=O)NCCOc1ccc(F)cc1. The third-order valence-electron chi connectivity index (χ3n) is 3.67. The molecule has 2 atom stereocenters. The molecular formula is C15H22ClFN2O2. The fourth-order valence-electron chi connectivity index (χ4n) is 2.52. The highest BCUT2D eigenvalue weighted by atomic mass is 35.5. The average Bonchev–Trinajstić information content (AvgIpc) is 2.82. The molecule has 1 aromatic carbocycles. The van der Waals surface area contributed by atoms with Gasteiger partial charge in [0.25, 0.3) is 0 Å². The zero-order chi connectivity index (χ0) is 14.4. The molecule has 1 fully saturated rings. The van der Waals surface area contributed by atoms with E-state index in [2.05, 4.69) is 5.32 Å². The monoisotopic (exact) mass is 316 g/mol. The summed E-state index contributed by atoms with van der Waals surface area (Å²) in [6.07, 6.45) is 3.68. The second kappa shape index (κ2) is 8.85. The Hall–Kier alpha value is -1.33. The van der Waals surface area contributed by atoms with E-state index in [1.165, 1.54) is 12.1 Å².